The Morgan fingerprint density at radius 2 is 1.79 bits per heavy atom. The van der Waals surface area contributed by atoms with Crippen molar-refractivity contribution in [2.24, 2.45) is 0 Å². The van der Waals surface area contributed by atoms with E-state index in [9.17, 15) is 19.5 Å². The lowest BCUT2D eigenvalue weighted by Gasteiger charge is -2.20. The summed E-state index contributed by atoms with van der Waals surface area (Å²) in [4.78, 5) is 43.6. The molecule has 0 aliphatic carbocycles. The number of hydrogen-bond donors (Lipinski definition) is 5. The Morgan fingerprint density at radius 3 is 2.45 bits per heavy atom. The average Bonchev–Trinajstić information content (AvgIpc) is 3.04. The number of aliphatic hydroxyl groups excluding tert-OH is 1. The van der Waals surface area contributed by atoms with E-state index >= 15 is 0 Å². The molecule has 152 valence electrons. The first-order valence-corrected chi connectivity index (χ1v) is 9.09. The molecule has 0 saturated carbocycles. The Bertz CT molecular complexity index is 1100. The number of carboxylic acids is 1. The molecule has 2 aromatic heterocycles. The number of hydrogen-bond acceptors (Lipinski definition) is 5. The summed E-state index contributed by atoms with van der Waals surface area (Å²) in [6.45, 7) is 4.46. The van der Waals surface area contributed by atoms with Crippen molar-refractivity contribution in [3.05, 3.63) is 41.7 Å². The van der Waals surface area contributed by atoms with Crippen LogP contribution in [0.3, 0.4) is 0 Å². The molecule has 0 radical (unpaired) electrons. The third kappa shape index (κ3) is 4.04. The molecule has 5 N–H and O–H groups in total. The number of H-pyrrole nitrogens is 1. The highest BCUT2D eigenvalue weighted by molar-refractivity contribution is 6.10. The molecule has 29 heavy (non-hydrogen) atoms. The minimum atomic E-state index is -1.47. The van der Waals surface area contributed by atoms with Gasteiger partial charge >= 0.3 is 5.97 Å². The van der Waals surface area contributed by atoms with Crippen LogP contribution in [0.4, 0.5) is 0 Å². The van der Waals surface area contributed by atoms with Gasteiger partial charge in [0.05, 0.1) is 17.3 Å². The van der Waals surface area contributed by atoms with Gasteiger partial charge in [0, 0.05) is 16.3 Å². The molecule has 0 saturated heterocycles. The van der Waals surface area contributed by atoms with E-state index in [1.54, 1.807) is 13.0 Å². The van der Waals surface area contributed by atoms with Crippen LogP contribution in [0, 0.1) is 6.92 Å². The van der Waals surface area contributed by atoms with Crippen molar-refractivity contribution in [1.29, 1.82) is 0 Å². The number of nitrogens with one attached hydrogen (secondary N) is 3. The number of carbonyl (C=O) groups is 3. The summed E-state index contributed by atoms with van der Waals surface area (Å²) >= 11 is 0. The average molecular weight is 398 g/mol. The molecule has 0 aliphatic heterocycles. The van der Waals surface area contributed by atoms with Crippen LogP contribution < -0.4 is 10.6 Å². The minimum absolute atomic E-state index is 0.143. The van der Waals surface area contributed by atoms with Crippen molar-refractivity contribution in [1.82, 2.24) is 20.6 Å². The van der Waals surface area contributed by atoms with Crippen LogP contribution in [0.2, 0.25) is 0 Å². The van der Waals surface area contributed by atoms with E-state index in [1.165, 1.54) is 13.8 Å². The number of benzene rings is 1. The summed E-state index contributed by atoms with van der Waals surface area (Å²) in [6, 6.07) is 6.84. The Morgan fingerprint density at radius 1 is 1.10 bits per heavy atom. The zero-order valence-corrected chi connectivity index (χ0v) is 16.2. The number of rotatable bonds is 6. The third-order valence-electron chi connectivity index (χ3n) is 4.70. The van der Waals surface area contributed by atoms with Crippen LogP contribution >= 0.6 is 0 Å². The number of carboxylic acid groups (broad SMARTS) is 1. The Balaban J connectivity index is 1.81. The van der Waals surface area contributed by atoms with Gasteiger partial charge in [-0.05, 0) is 32.9 Å². The number of nitrogens with zero attached hydrogens (tertiary/aromatic N) is 1. The maximum atomic E-state index is 12.6. The topological polar surface area (TPSA) is 144 Å². The summed E-state index contributed by atoms with van der Waals surface area (Å²) in [5, 5.41) is 25.0. The quantitative estimate of drug-likeness (QED) is 0.420. The zero-order valence-electron chi connectivity index (χ0n) is 16.2. The Labute approximate surface area is 166 Å². The molecule has 9 nitrogen and oxygen atoms in total. The lowest BCUT2D eigenvalue weighted by molar-refractivity contribution is -0.145. The summed E-state index contributed by atoms with van der Waals surface area (Å²) in [6.07, 6.45) is -1.28. The van der Waals surface area contributed by atoms with E-state index in [2.05, 4.69) is 20.6 Å². The van der Waals surface area contributed by atoms with Crippen molar-refractivity contribution in [3.63, 3.8) is 0 Å². The molecule has 0 spiro atoms. The number of aromatic nitrogens is 2. The molecule has 3 atom stereocenters. The first-order valence-electron chi connectivity index (χ1n) is 9.09. The molecule has 0 aliphatic rings. The van der Waals surface area contributed by atoms with Crippen LogP contribution in [-0.2, 0) is 9.59 Å². The second-order valence-electron chi connectivity index (χ2n) is 6.95. The fourth-order valence-corrected chi connectivity index (χ4v) is 3.12. The summed E-state index contributed by atoms with van der Waals surface area (Å²) in [7, 11) is 0. The van der Waals surface area contributed by atoms with Gasteiger partial charge < -0.3 is 25.8 Å². The molecule has 3 unspecified atom stereocenters. The van der Waals surface area contributed by atoms with Gasteiger partial charge in [-0.3, -0.25) is 9.59 Å². The second-order valence-corrected chi connectivity index (χ2v) is 6.95. The molecule has 2 amide bonds. The van der Waals surface area contributed by atoms with E-state index < -0.39 is 36.0 Å². The number of aliphatic hydroxyl groups is 1. The highest BCUT2D eigenvalue weighted by Gasteiger charge is 2.28. The zero-order chi connectivity index (χ0) is 21.3. The standard InChI is InChI=1S/C20H22N4O5/c1-9-16-13(12-6-4-5-7-14(12)23-16)8-15(21-9)19(27)22-10(2)18(26)24-17(11(3)25)20(28)29/h4-8,10-11,17,23,25H,1-3H3,(H,22,27)(H,24,26)(H,28,29). The van der Waals surface area contributed by atoms with Gasteiger partial charge in [0.2, 0.25) is 5.91 Å². The van der Waals surface area contributed by atoms with E-state index in [4.69, 9.17) is 5.11 Å². The van der Waals surface area contributed by atoms with Gasteiger partial charge in [-0.15, -0.1) is 0 Å². The number of pyridine rings is 1. The summed E-state index contributed by atoms with van der Waals surface area (Å²) in [5.74, 6) is -2.66. The number of aryl methyl sites for hydroxylation is 1. The predicted molar refractivity (Wildman–Crippen MR) is 107 cm³/mol. The number of fused-ring (bicyclic) bond motifs is 3. The Kier molecular flexibility index (Phi) is 5.51. The Hall–Kier alpha value is -3.46. The SMILES string of the molecule is Cc1nc(C(=O)NC(C)C(=O)NC(C(=O)O)C(C)O)cc2c1[nH]c1ccccc12. The maximum absolute atomic E-state index is 12.6. The third-order valence-corrected chi connectivity index (χ3v) is 4.70. The van der Waals surface area contributed by atoms with Gasteiger partial charge in [-0.25, -0.2) is 9.78 Å². The van der Waals surface area contributed by atoms with Crippen LogP contribution in [0.25, 0.3) is 21.8 Å². The van der Waals surface area contributed by atoms with Gasteiger partial charge in [-0.2, -0.15) is 0 Å². The molecule has 0 bridgehead atoms. The highest BCUT2D eigenvalue weighted by atomic mass is 16.4. The second kappa shape index (κ2) is 7.88. The normalized spacial score (nSPS) is 14.3. The maximum Gasteiger partial charge on any atom is 0.328 e. The van der Waals surface area contributed by atoms with Crippen LogP contribution in [0.5, 0.6) is 0 Å². The molecular weight excluding hydrogens is 376 g/mol. The van der Waals surface area contributed by atoms with Gasteiger partial charge in [0.15, 0.2) is 6.04 Å². The molecular formula is C20H22N4O5. The smallest absolute Gasteiger partial charge is 0.328 e. The monoisotopic (exact) mass is 398 g/mol. The number of aromatic amines is 1. The molecule has 3 aromatic rings. The lowest BCUT2D eigenvalue weighted by atomic mass is 10.1. The number of para-hydroxylation sites is 1. The first kappa shape index (κ1) is 20.3. The van der Waals surface area contributed by atoms with Crippen molar-refractivity contribution in [2.75, 3.05) is 0 Å². The fourth-order valence-electron chi connectivity index (χ4n) is 3.12. The molecule has 1 aromatic carbocycles. The summed E-state index contributed by atoms with van der Waals surface area (Å²) in [5.41, 5.74) is 2.54. The molecule has 3 rings (SSSR count). The number of carbonyl (C=O) groups excluding carboxylic acids is 2. The van der Waals surface area contributed by atoms with Crippen LogP contribution in [0.15, 0.2) is 30.3 Å². The van der Waals surface area contributed by atoms with Gasteiger partial charge in [0.25, 0.3) is 5.91 Å². The fraction of sp³-hybridized carbons (Fsp3) is 0.300. The highest BCUT2D eigenvalue weighted by Crippen LogP contribution is 2.27. The van der Waals surface area contributed by atoms with Gasteiger partial charge in [0.1, 0.15) is 11.7 Å². The van der Waals surface area contributed by atoms with E-state index in [0.29, 0.717) is 5.69 Å². The van der Waals surface area contributed by atoms with E-state index in [-0.39, 0.29) is 5.69 Å². The van der Waals surface area contributed by atoms with E-state index in [1.807, 2.05) is 24.3 Å². The van der Waals surface area contributed by atoms with Crippen molar-refractivity contribution >= 4 is 39.6 Å². The van der Waals surface area contributed by atoms with Crippen molar-refractivity contribution in [2.45, 2.75) is 39.0 Å². The first-order chi connectivity index (χ1) is 13.7. The molecule has 9 heteroatoms. The number of amides is 2. The molecule has 0 fully saturated rings. The largest absolute Gasteiger partial charge is 0.480 e. The van der Waals surface area contributed by atoms with Crippen LogP contribution in [0.1, 0.15) is 30.0 Å². The van der Waals surface area contributed by atoms with Crippen molar-refractivity contribution < 1.29 is 24.6 Å². The van der Waals surface area contributed by atoms with Gasteiger partial charge in [-0.1, -0.05) is 18.2 Å². The molecule has 2 heterocycles. The van der Waals surface area contributed by atoms with E-state index in [0.717, 1.165) is 21.8 Å². The predicted octanol–water partition coefficient (Wildman–Crippen LogP) is 1.09. The summed E-state index contributed by atoms with van der Waals surface area (Å²) < 4.78 is 0. The minimum Gasteiger partial charge on any atom is -0.480 e. The lowest BCUT2D eigenvalue weighted by Crippen LogP contribution is -2.53. The van der Waals surface area contributed by atoms with Crippen molar-refractivity contribution in [3.8, 4) is 0 Å². The number of aliphatic carboxylic acids is 1. The van der Waals surface area contributed by atoms with Crippen LogP contribution in [-0.4, -0.2) is 56.2 Å².